The molecule has 5 nitrogen and oxygen atoms in total. The highest BCUT2D eigenvalue weighted by molar-refractivity contribution is 9.10. The molecule has 0 radical (unpaired) electrons. The molecule has 0 saturated carbocycles. The van der Waals surface area contributed by atoms with E-state index >= 15 is 0 Å². The smallest absolute Gasteiger partial charge is 0.253 e. The van der Waals surface area contributed by atoms with Gasteiger partial charge in [0.15, 0.2) is 0 Å². The molecule has 86 valence electrons. The Morgan fingerprint density at radius 3 is 2.88 bits per heavy atom. The fraction of sp³-hybridized carbons (Fsp3) is 0.200. The van der Waals surface area contributed by atoms with Crippen LogP contribution in [0.15, 0.2) is 34.6 Å². The van der Waals surface area contributed by atoms with Gasteiger partial charge in [0.05, 0.1) is 23.4 Å². The maximum Gasteiger partial charge on any atom is 0.253 e. The van der Waals surface area contributed by atoms with Crippen molar-refractivity contribution in [3.05, 3.63) is 44.7 Å². The summed E-state index contributed by atoms with van der Waals surface area (Å²) >= 11 is 3.34. The predicted octanol–water partition coefficient (Wildman–Crippen LogP) is 3.01. The average molecular weight is 287 g/mol. The van der Waals surface area contributed by atoms with Gasteiger partial charge in [-0.15, -0.1) is 0 Å². The van der Waals surface area contributed by atoms with Crippen LogP contribution in [0, 0.1) is 10.1 Å². The van der Waals surface area contributed by atoms with Gasteiger partial charge in [0.25, 0.3) is 6.20 Å². The summed E-state index contributed by atoms with van der Waals surface area (Å²) in [6.07, 6.45) is 0.909. The van der Waals surface area contributed by atoms with Gasteiger partial charge >= 0.3 is 0 Å². The summed E-state index contributed by atoms with van der Waals surface area (Å²) in [7, 11) is 1.56. The first-order chi connectivity index (χ1) is 7.52. The summed E-state index contributed by atoms with van der Waals surface area (Å²) < 4.78 is 5.87. The number of nitro groups is 1. The molecule has 0 saturated heterocycles. The Morgan fingerprint density at radius 2 is 2.31 bits per heavy atom. The van der Waals surface area contributed by atoms with E-state index < -0.39 is 4.92 Å². The Morgan fingerprint density at radius 1 is 1.62 bits per heavy atom. The fourth-order valence-corrected chi connectivity index (χ4v) is 1.48. The van der Waals surface area contributed by atoms with E-state index in [-0.39, 0.29) is 0 Å². The lowest BCUT2D eigenvalue weighted by atomic mass is 10.3. The lowest BCUT2D eigenvalue weighted by Gasteiger charge is -2.08. The third-order valence-corrected chi connectivity index (χ3v) is 2.50. The van der Waals surface area contributed by atoms with Crippen molar-refractivity contribution in [3.63, 3.8) is 0 Å². The van der Waals surface area contributed by atoms with Crippen molar-refractivity contribution in [3.8, 4) is 5.75 Å². The molecule has 6 heteroatoms. The van der Waals surface area contributed by atoms with Gasteiger partial charge in [-0.25, -0.2) is 0 Å². The summed E-state index contributed by atoms with van der Waals surface area (Å²) in [5.41, 5.74) is 1.16. The number of nitrogens with zero attached hydrogens (tertiary/aromatic N) is 1. The standard InChI is InChI=1S/C10H11BrN2O3/c1-7(6-13(14)15)12-10-5-8(16-2)3-4-9(10)11/h3-6,12H,1-2H3/b7-6-. The molecule has 0 aliphatic heterocycles. The van der Waals surface area contributed by atoms with Crippen LogP contribution in [0.1, 0.15) is 6.92 Å². The average Bonchev–Trinajstić information content (AvgIpc) is 2.20. The highest BCUT2D eigenvalue weighted by Gasteiger charge is 2.03. The summed E-state index contributed by atoms with van der Waals surface area (Å²) in [5, 5.41) is 13.2. The van der Waals surface area contributed by atoms with E-state index in [2.05, 4.69) is 21.2 Å². The minimum absolute atomic E-state index is 0.443. The maximum absolute atomic E-state index is 10.3. The van der Waals surface area contributed by atoms with Crippen molar-refractivity contribution >= 4 is 21.6 Å². The lowest BCUT2D eigenvalue weighted by Crippen LogP contribution is -2.00. The lowest BCUT2D eigenvalue weighted by molar-refractivity contribution is -0.403. The highest BCUT2D eigenvalue weighted by Crippen LogP contribution is 2.27. The normalized spacial score (nSPS) is 11.1. The second-order valence-corrected chi connectivity index (χ2v) is 3.92. The van der Waals surface area contributed by atoms with E-state index in [4.69, 9.17) is 4.74 Å². The number of halogens is 1. The van der Waals surface area contributed by atoms with Crippen molar-refractivity contribution in [2.24, 2.45) is 0 Å². The molecule has 1 aromatic rings. The Hall–Kier alpha value is -1.56. The third kappa shape index (κ3) is 3.54. The van der Waals surface area contributed by atoms with Crippen molar-refractivity contribution in [1.82, 2.24) is 0 Å². The molecule has 0 unspecified atom stereocenters. The molecule has 0 bridgehead atoms. The van der Waals surface area contributed by atoms with E-state index in [1.165, 1.54) is 0 Å². The van der Waals surface area contributed by atoms with Crippen LogP contribution in [-0.4, -0.2) is 12.0 Å². The number of hydrogen-bond donors (Lipinski definition) is 1. The van der Waals surface area contributed by atoms with Gasteiger partial charge in [-0.1, -0.05) is 0 Å². The largest absolute Gasteiger partial charge is 0.497 e. The zero-order chi connectivity index (χ0) is 12.1. The quantitative estimate of drug-likeness (QED) is 0.683. The number of hydrogen-bond acceptors (Lipinski definition) is 4. The molecule has 1 rings (SSSR count). The molecule has 0 atom stereocenters. The van der Waals surface area contributed by atoms with Crippen LogP contribution in [0.3, 0.4) is 0 Å². The van der Waals surface area contributed by atoms with Crippen LogP contribution < -0.4 is 10.1 Å². The summed E-state index contributed by atoms with van der Waals surface area (Å²) in [6, 6.07) is 5.35. The molecule has 0 spiro atoms. The molecular weight excluding hydrogens is 276 g/mol. The van der Waals surface area contributed by atoms with E-state index in [0.717, 1.165) is 16.4 Å². The molecule has 16 heavy (non-hydrogen) atoms. The molecular formula is C10H11BrN2O3. The van der Waals surface area contributed by atoms with Gasteiger partial charge in [0, 0.05) is 10.5 Å². The summed E-state index contributed by atoms with van der Waals surface area (Å²) in [5.74, 6) is 0.680. The van der Waals surface area contributed by atoms with E-state index in [0.29, 0.717) is 11.4 Å². The second-order valence-electron chi connectivity index (χ2n) is 3.07. The number of nitrogens with one attached hydrogen (secondary N) is 1. The second kappa shape index (κ2) is 5.50. The van der Waals surface area contributed by atoms with Gasteiger partial charge in [0.2, 0.25) is 0 Å². The van der Waals surface area contributed by atoms with Crippen molar-refractivity contribution < 1.29 is 9.66 Å². The summed E-state index contributed by atoms with van der Waals surface area (Å²) in [4.78, 5) is 9.76. The first-order valence-electron chi connectivity index (χ1n) is 4.45. The van der Waals surface area contributed by atoms with Gasteiger partial charge < -0.3 is 10.1 Å². The van der Waals surface area contributed by atoms with Gasteiger partial charge in [0.1, 0.15) is 5.75 Å². The Bertz CT molecular complexity index is 432. The van der Waals surface area contributed by atoms with Crippen molar-refractivity contribution in [2.75, 3.05) is 12.4 Å². The van der Waals surface area contributed by atoms with E-state index in [1.807, 2.05) is 0 Å². The zero-order valence-electron chi connectivity index (χ0n) is 8.86. The number of ether oxygens (including phenoxy) is 1. The minimum Gasteiger partial charge on any atom is -0.497 e. The number of methoxy groups -OCH3 is 1. The van der Waals surface area contributed by atoms with Crippen LogP contribution >= 0.6 is 15.9 Å². The van der Waals surface area contributed by atoms with Gasteiger partial charge in [-0.05, 0) is 35.0 Å². The molecule has 0 aliphatic carbocycles. The summed E-state index contributed by atoms with van der Waals surface area (Å²) in [6.45, 7) is 1.62. The van der Waals surface area contributed by atoms with Crippen molar-refractivity contribution in [1.29, 1.82) is 0 Å². The Kier molecular flexibility index (Phi) is 4.30. The number of anilines is 1. The molecule has 0 amide bonds. The molecule has 1 N–H and O–H groups in total. The fourth-order valence-electron chi connectivity index (χ4n) is 1.13. The van der Waals surface area contributed by atoms with Crippen LogP contribution in [-0.2, 0) is 0 Å². The van der Waals surface area contributed by atoms with Gasteiger partial charge in [-0.3, -0.25) is 10.1 Å². The van der Waals surface area contributed by atoms with Crippen LogP contribution in [0.2, 0.25) is 0 Å². The molecule has 0 fully saturated rings. The molecule has 0 aliphatic rings. The van der Waals surface area contributed by atoms with Crippen LogP contribution in [0.25, 0.3) is 0 Å². The third-order valence-electron chi connectivity index (χ3n) is 1.80. The number of rotatable bonds is 4. The molecule has 1 aromatic carbocycles. The topological polar surface area (TPSA) is 64.4 Å². The van der Waals surface area contributed by atoms with E-state index in [9.17, 15) is 10.1 Å². The minimum atomic E-state index is -0.504. The number of allylic oxidation sites excluding steroid dienone is 1. The molecule has 0 heterocycles. The Balaban J connectivity index is 2.92. The van der Waals surface area contributed by atoms with Crippen LogP contribution in [0.5, 0.6) is 5.75 Å². The highest BCUT2D eigenvalue weighted by atomic mass is 79.9. The van der Waals surface area contributed by atoms with Gasteiger partial charge in [-0.2, -0.15) is 0 Å². The van der Waals surface area contributed by atoms with Crippen molar-refractivity contribution in [2.45, 2.75) is 6.92 Å². The zero-order valence-corrected chi connectivity index (χ0v) is 10.4. The SMILES string of the molecule is COc1ccc(Br)c(N/C(C)=C\[N+](=O)[O-])c1. The Labute approximate surface area is 101 Å². The monoisotopic (exact) mass is 286 g/mol. The maximum atomic E-state index is 10.3. The molecule has 0 aromatic heterocycles. The number of benzene rings is 1. The predicted molar refractivity (Wildman–Crippen MR) is 65.1 cm³/mol. The van der Waals surface area contributed by atoms with E-state index in [1.54, 1.807) is 32.2 Å². The van der Waals surface area contributed by atoms with Crippen LogP contribution in [0.4, 0.5) is 5.69 Å². The first-order valence-corrected chi connectivity index (χ1v) is 5.24. The first kappa shape index (κ1) is 12.5.